The summed E-state index contributed by atoms with van der Waals surface area (Å²) in [5.74, 6) is 1.94. The van der Waals surface area contributed by atoms with Crippen LogP contribution < -0.4 is 10.6 Å². The van der Waals surface area contributed by atoms with E-state index in [0.717, 1.165) is 44.5 Å². The summed E-state index contributed by atoms with van der Waals surface area (Å²) >= 11 is 0. The number of guanidine groups is 1. The molecule has 1 atom stereocenters. The fraction of sp³-hybridized carbons (Fsp3) is 0.941. The number of hydrogen-bond donors (Lipinski definition) is 2. The molecule has 3 rings (SSSR count). The second kappa shape index (κ2) is 7.69. The average molecular weight is 421 g/mol. The molecule has 2 saturated carbocycles. The molecule has 1 aliphatic heterocycles. The predicted octanol–water partition coefficient (Wildman–Crippen LogP) is 3.31. The third-order valence-electron chi connectivity index (χ3n) is 5.62. The van der Waals surface area contributed by atoms with E-state index < -0.39 is 0 Å². The Labute approximate surface area is 152 Å². The van der Waals surface area contributed by atoms with Crippen LogP contribution in [0, 0.1) is 11.3 Å². The van der Waals surface area contributed by atoms with Gasteiger partial charge < -0.3 is 15.4 Å². The third kappa shape index (κ3) is 4.28. The minimum absolute atomic E-state index is 0. The van der Waals surface area contributed by atoms with E-state index in [0.29, 0.717) is 5.41 Å². The fourth-order valence-electron chi connectivity index (χ4n) is 3.85. The first-order valence-electron chi connectivity index (χ1n) is 8.82. The quantitative estimate of drug-likeness (QED) is 0.393. The summed E-state index contributed by atoms with van der Waals surface area (Å²) in [4.78, 5) is 4.90. The first-order chi connectivity index (χ1) is 10.2. The second-order valence-corrected chi connectivity index (χ2v) is 7.44. The molecule has 0 aromatic carbocycles. The molecular formula is C17H32IN3O. The number of ether oxygens (including phenoxy) is 1. The highest BCUT2D eigenvalue weighted by molar-refractivity contribution is 14.0. The molecule has 0 radical (unpaired) electrons. The highest BCUT2D eigenvalue weighted by Gasteiger charge is 2.48. The molecule has 1 heterocycles. The van der Waals surface area contributed by atoms with E-state index in [4.69, 9.17) is 9.73 Å². The number of nitrogens with one attached hydrogen (secondary N) is 2. The highest BCUT2D eigenvalue weighted by Crippen LogP contribution is 2.57. The van der Waals surface area contributed by atoms with Crippen molar-refractivity contribution < 1.29 is 4.74 Å². The molecule has 2 N–H and O–H groups in total. The Morgan fingerprint density at radius 3 is 2.45 bits per heavy atom. The van der Waals surface area contributed by atoms with Crippen LogP contribution in [-0.2, 0) is 4.74 Å². The molecule has 128 valence electrons. The Balaban J connectivity index is 0.00000176. The molecule has 1 unspecified atom stereocenters. The molecule has 0 bridgehead atoms. The van der Waals surface area contributed by atoms with Gasteiger partial charge in [-0.25, -0.2) is 0 Å². The van der Waals surface area contributed by atoms with Crippen molar-refractivity contribution in [2.45, 2.75) is 64.4 Å². The van der Waals surface area contributed by atoms with Gasteiger partial charge >= 0.3 is 0 Å². The van der Waals surface area contributed by atoms with E-state index in [-0.39, 0.29) is 29.6 Å². The molecule has 22 heavy (non-hydrogen) atoms. The van der Waals surface area contributed by atoms with Gasteiger partial charge in [0, 0.05) is 26.2 Å². The van der Waals surface area contributed by atoms with Crippen LogP contribution in [0.25, 0.3) is 0 Å². The van der Waals surface area contributed by atoms with Crippen LogP contribution in [-0.4, -0.2) is 37.8 Å². The smallest absolute Gasteiger partial charge is 0.191 e. The number of hydrogen-bond acceptors (Lipinski definition) is 2. The molecule has 1 saturated heterocycles. The third-order valence-corrected chi connectivity index (χ3v) is 5.62. The summed E-state index contributed by atoms with van der Waals surface area (Å²) in [6.07, 6.45) is 9.38. The summed E-state index contributed by atoms with van der Waals surface area (Å²) < 4.78 is 5.85. The van der Waals surface area contributed by atoms with Crippen molar-refractivity contribution >= 4 is 29.9 Å². The lowest BCUT2D eigenvalue weighted by atomic mass is 9.65. The van der Waals surface area contributed by atoms with Crippen LogP contribution >= 0.6 is 24.0 Å². The lowest BCUT2D eigenvalue weighted by Crippen LogP contribution is -2.46. The zero-order valence-electron chi connectivity index (χ0n) is 14.1. The monoisotopic (exact) mass is 421 g/mol. The van der Waals surface area contributed by atoms with Crippen molar-refractivity contribution in [2.24, 2.45) is 16.3 Å². The summed E-state index contributed by atoms with van der Waals surface area (Å²) in [5.41, 5.74) is 0.539. The van der Waals surface area contributed by atoms with Crippen molar-refractivity contribution in [3.8, 4) is 0 Å². The standard InChI is InChI=1S/C17H31N3O.HI/c1-3-18-15(19-12-16(2)8-5-11-21-16)20-13-17(9-4-10-17)14-6-7-14;/h14H,3-13H2,1-2H3,(H2,18,19,20);1H. The van der Waals surface area contributed by atoms with Gasteiger partial charge in [-0.15, -0.1) is 24.0 Å². The minimum atomic E-state index is -0.0131. The molecule has 3 fully saturated rings. The van der Waals surface area contributed by atoms with Gasteiger partial charge in [0.2, 0.25) is 0 Å². The lowest BCUT2D eigenvalue weighted by molar-refractivity contribution is 0.0242. The number of halogens is 1. The Bertz CT molecular complexity index is 385. The number of rotatable bonds is 6. The maximum atomic E-state index is 5.85. The number of aliphatic imine (C=N–C) groups is 1. The Morgan fingerprint density at radius 2 is 1.95 bits per heavy atom. The van der Waals surface area contributed by atoms with E-state index >= 15 is 0 Å². The lowest BCUT2D eigenvalue weighted by Gasteiger charge is -2.41. The molecule has 0 spiro atoms. The minimum Gasteiger partial charge on any atom is -0.373 e. The summed E-state index contributed by atoms with van der Waals surface area (Å²) in [6.45, 7) is 8.01. The summed E-state index contributed by atoms with van der Waals surface area (Å²) in [6, 6.07) is 0. The zero-order chi connectivity index (χ0) is 14.8. The SMILES string of the molecule is CCNC(=NCC1(C2CC2)CCC1)NCC1(C)CCCO1.I. The van der Waals surface area contributed by atoms with Gasteiger partial charge in [-0.3, -0.25) is 4.99 Å². The second-order valence-electron chi connectivity index (χ2n) is 7.44. The Hall–Kier alpha value is -0.0400. The van der Waals surface area contributed by atoms with Crippen LogP contribution in [0.2, 0.25) is 0 Å². The first kappa shape index (κ1) is 18.3. The van der Waals surface area contributed by atoms with Gasteiger partial charge in [0.15, 0.2) is 5.96 Å². The highest BCUT2D eigenvalue weighted by atomic mass is 127. The van der Waals surface area contributed by atoms with Crippen molar-refractivity contribution in [3.63, 3.8) is 0 Å². The van der Waals surface area contributed by atoms with Gasteiger partial charge in [0.25, 0.3) is 0 Å². The number of nitrogens with zero attached hydrogens (tertiary/aromatic N) is 1. The van der Waals surface area contributed by atoms with E-state index in [2.05, 4.69) is 24.5 Å². The molecular weight excluding hydrogens is 389 g/mol. The zero-order valence-corrected chi connectivity index (χ0v) is 16.4. The maximum Gasteiger partial charge on any atom is 0.191 e. The predicted molar refractivity (Wildman–Crippen MR) is 102 cm³/mol. The van der Waals surface area contributed by atoms with Crippen molar-refractivity contribution in [1.82, 2.24) is 10.6 Å². The van der Waals surface area contributed by atoms with Crippen LogP contribution in [0.3, 0.4) is 0 Å². The van der Waals surface area contributed by atoms with Crippen LogP contribution in [0.1, 0.15) is 58.8 Å². The fourth-order valence-corrected chi connectivity index (χ4v) is 3.85. The maximum absolute atomic E-state index is 5.85. The molecule has 0 amide bonds. The van der Waals surface area contributed by atoms with Gasteiger partial charge in [0.05, 0.1) is 5.60 Å². The van der Waals surface area contributed by atoms with Crippen molar-refractivity contribution in [1.29, 1.82) is 0 Å². The Morgan fingerprint density at radius 1 is 1.18 bits per heavy atom. The molecule has 2 aliphatic carbocycles. The molecule has 3 aliphatic rings. The van der Waals surface area contributed by atoms with Crippen LogP contribution in [0.15, 0.2) is 4.99 Å². The van der Waals surface area contributed by atoms with Gasteiger partial charge in [-0.2, -0.15) is 0 Å². The molecule has 0 aromatic heterocycles. The van der Waals surface area contributed by atoms with E-state index in [1.54, 1.807) is 0 Å². The van der Waals surface area contributed by atoms with E-state index in [1.165, 1.54) is 38.5 Å². The first-order valence-corrected chi connectivity index (χ1v) is 8.82. The largest absolute Gasteiger partial charge is 0.373 e. The molecule has 5 heteroatoms. The van der Waals surface area contributed by atoms with E-state index in [1.807, 2.05) is 0 Å². The van der Waals surface area contributed by atoms with Crippen molar-refractivity contribution in [3.05, 3.63) is 0 Å². The summed E-state index contributed by atoms with van der Waals surface area (Å²) in [5, 5.41) is 6.88. The topological polar surface area (TPSA) is 45.7 Å². The summed E-state index contributed by atoms with van der Waals surface area (Å²) in [7, 11) is 0. The van der Waals surface area contributed by atoms with Crippen LogP contribution in [0.4, 0.5) is 0 Å². The molecule has 0 aromatic rings. The Kier molecular flexibility index (Phi) is 6.39. The molecule has 4 nitrogen and oxygen atoms in total. The van der Waals surface area contributed by atoms with Gasteiger partial charge in [0.1, 0.15) is 0 Å². The average Bonchev–Trinajstić information content (AvgIpc) is 3.17. The van der Waals surface area contributed by atoms with E-state index in [9.17, 15) is 0 Å². The normalized spacial score (nSPS) is 30.4. The van der Waals surface area contributed by atoms with Crippen molar-refractivity contribution in [2.75, 3.05) is 26.2 Å². The van der Waals surface area contributed by atoms with Crippen LogP contribution in [0.5, 0.6) is 0 Å². The van der Waals surface area contributed by atoms with Gasteiger partial charge in [-0.1, -0.05) is 6.42 Å². The van der Waals surface area contributed by atoms with Gasteiger partial charge in [-0.05, 0) is 63.7 Å².